The lowest BCUT2D eigenvalue weighted by Crippen LogP contribution is -2.40. The third kappa shape index (κ3) is 7.10. The number of ether oxygens (including phenoxy) is 2. The monoisotopic (exact) mass is 398 g/mol. The van der Waals surface area contributed by atoms with E-state index < -0.39 is 20.0 Å². The fourth-order valence-electron chi connectivity index (χ4n) is 1.96. The maximum absolute atomic E-state index is 12.5. The lowest BCUT2D eigenvalue weighted by atomic mass is 10.2. The van der Waals surface area contributed by atoms with Crippen molar-refractivity contribution in [3.05, 3.63) is 17.5 Å². The fraction of sp³-hybridized carbons (Fsp3) is 0.737. The number of hydrogen-bond acceptors (Lipinski definition) is 6. The van der Waals surface area contributed by atoms with Crippen LogP contribution in [0.5, 0.6) is 0 Å². The Balaban J connectivity index is 3.09. The number of aromatic nitrogens is 2. The molecule has 0 amide bonds. The molecule has 0 bridgehead atoms. The van der Waals surface area contributed by atoms with Crippen LogP contribution < -0.4 is 0 Å². The number of carbonyl (C=O) groups is 2. The number of rotatable bonds is 6. The predicted octanol–water partition coefficient (Wildman–Crippen LogP) is 4.29. The molecule has 0 aliphatic carbocycles. The molecular weight excluding hydrogens is 364 g/mol. The maximum Gasteiger partial charge on any atom is 0.435 e. The van der Waals surface area contributed by atoms with Crippen LogP contribution in [0.4, 0.5) is 4.79 Å². The number of nitrogens with zero attached hydrogens (tertiary/aromatic N) is 2. The van der Waals surface area contributed by atoms with Crippen molar-refractivity contribution in [3.8, 4) is 0 Å². The summed E-state index contributed by atoms with van der Waals surface area (Å²) in [5.41, 5.74) is 0.364. The summed E-state index contributed by atoms with van der Waals surface area (Å²) in [6, 6.07) is 1.70. The third-order valence-electron chi connectivity index (χ3n) is 4.42. The van der Waals surface area contributed by atoms with Gasteiger partial charge in [-0.3, -0.25) is 4.79 Å². The second-order valence-corrected chi connectivity index (χ2v) is 13.9. The van der Waals surface area contributed by atoms with E-state index in [9.17, 15) is 9.59 Å². The average Bonchev–Trinajstić information content (AvgIpc) is 2.85. The lowest BCUT2D eigenvalue weighted by molar-refractivity contribution is -0.142. The predicted molar refractivity (Wildman–Crippen MR) is 106 cm³/mol. The molecule has 0 atom stereocenters. The smallest absolute Gasteiger partial charge is 0.435 e. The van der Waals surface area contributed by atoms with E-state index in [0.717, 1.165) is 0 Å². The molecule has 8 heteroatoms. The van der Waals surface area contributed by atoms with E-state index >= 15 is 0 Å². The van der Waals surface area contributed by atoms with Crippen molar-refractivity contribution in [3.63, 3.8) is 0 Å². The van der Waals surface area contributed by atoms with Crippen molar-refractivity contribution in [2.24, 2.45) is 0 Å². The van der Waals surface area contributed by atoms with Gasteiger partial charge < -0.3 is 13.9 Å². The molecule has 0 aliphatic rings. The molecule has 7 nitrogen and oxygen atoms in total. The molecule has 0 fully saturated rings. The minimum atomic E-state index is -2.01. The first-order valence-corrected chi connectivity index (χ1v) is 12.2. The molecular formula is C19H34N2O5Si. The minimum Gasteiger partial charge on any atom is -0.466 e. The van der Waals surface area contributed by atoms with Crippen LogP contribution in [0.15, 0.2) is 6.07 Å². The molecule has 1 aromatic rings. The highest BCUT2D eigenvalue weighted by Gasteiger charge is 2.37. The lowest BCUT2D eigenvalue weighted by Gasteiger charge is -2.36. The van der Waals surface area contributed by atoms with Gasteiger partial charge in [0.05, 0.1) is 31.0 Å². The number of carbonyl (C=O) groups excluding carboxylic acids is 2. The quantitative estimate of drug-likeness (QED) is 0.525. The van der Waals surface area contributed by atoms with Gasteiger partial charge in [-0.05, 0) is 51.9 Å². The van der Waals surface area contributed by atoms with Gasteiger partial charge in [-0.25, -0.2) is 4.79 Å². The Labute approximate surface area is 163 Å². The van der Waals surface area contributed by atoms with Gasteiger partial charge in [0.15, 0.2) is 8.32 Å². The molecule has 154 valence electrons. The molecule has 0 saturated heterocycles. The minimum absolute atomic E-state index is 0.00324. The van der Waals surface area contributed by atoms with E-state index in [0.29, 0.717) is 18.0 Å². The van der Waals surface area contributed by atoms with Crippen LogP contribution in [-0.4, -0.2) is 42.4 Å². The Morgan fingerprint density at radius 3 is 2.22 bits per heavy atom. The summed E-state index contributed by atoms with van der Waals surface area (Å²) in [6.07, 6.45) is -0.595. The summed E-state index contributed by atoms with van der Waals surface area (Å²) in [5, 5.41) is 4.30. The van der Waals surface area contributed by atoms with Crippen molar-refractivity contribution in [1.82, 2.24) is 9.78 Å². The standard InChI is InChI=1S/C19H34N2O5Si/c1-10-24-16(22)12-14-11-15(13-25-27(8,9)19(5,6)7)21(20-14)17(23)26-18(2,3)4/h11H,10,12-13H2,1-9H3. The van der Waals surface area contributed by atoms with Gasteiger partial charge in [-0.15, -0.1) is 0 Å². The van der Waals surface area contributed by atoms with Gasteiger partial charge in [0.1, 0.15) is 5.60 Å². The van der Waals surface area contributed by atoms with Crippen LogP contribution in [0.3, 0.4) is 0 Å². The zero-order valence-corrected chi connectivity index (χ0v) is 19.1. The van der Waals surface area contributed by atoms with Gasteiger partial charge in [-0.1, -0.05) is 20.8 Å². The highest BCUT2D eigenvalue weighted by molar-refractivity contribution is 6.74. The van der Waals surface area contributed by atoms with Gasteiger partial charge in [0.25, 0.3) is 0 Å². The number of esters is 1. The van der Waals surface area contributed by atoms with Crippen LogP contribution in [0.1, 0.15) is 59.9 Å². The summed E-state index contributed by atoms with van der Waals surface area (Å²) in [4.78, 5) is 24.3. The van der Waals surface area contributed by atoms with Crippen LogP contribution in [0.25, 0.3) is 0 Å². The van der Waals surface area contributed by atoms with E-state index in [1.54, 1.807) is 33.8 Å². The highest BCUT2D eigenvalue weighted by Crippen LogP contribution is 2.37. The van der Waals surface area contributed by atoms with Crippen molar-refractivity contribution >= 4 is 20.4 Å². The van der Waals surface area contributed by atoms with E-state index in [-0.39, 0.29) is 24.0 Å². The van der Waals surface area contributed by atoms with Crippen molar-refractivity contribution in [2.45, 2.75) is 85.2 Å². The van der Waals surface area contributed by atoms with E-state index in [1.807, 2.05) is 0 Å². The van der Waals surface area contributed by atoms with E-state index in [2.05, 4.69) is 39.0 Å². The summed E-state index contributed by atoms with van der Waals surface area (Å²) in [6.45, 7) is 18.4. The molecule has 0 radical (unpaired) electrons. The van der Waals surface area contributed by atoms with Crippen LogP contribution in [0, 0.1) is 0 Å². The van der Waals surface area contributed by atoms with Gasteiger partial charge in [-0.2, -0.15) is 9.78 Å². The molecule has 0 spiro atoms. The van der Waals surface area contributed by atoms with E-state index in [1.165, 1.54) is 4.68 Å². The average molecular weight is 399 g/mol. The van der Waals surface area contributed by atoms with E-state index in [4.69, 9.17) is 13.9 Å². The highest BCUT2D eigenvalue weighted by atomic mass is 28.4. The Morgan fingerprint density at radius 1 is 1.15 bits per heavy atom. The summed E-state index contributed by atoms with van der Waals surface area (Å²) >= 11 is 0. The topological polar surface area (TPSA) is 79.7 Å². The fourth-order valence-corrected chi connectivity index (χ4v) is 2.90. The van der Waals surface area contributed by atoms with Crippen molar-refractivity contribution < 1.29 is 23.5 Å². The normalized spacial score (nSPS) is 12.8. The Bertz CT molecular complexity index is 669. The molecule has 1 rings (SSSR count). The first-order valence-electron chi connectivity index (χ1n) is 9.27. The molecule has 0 N–H and O–H groups in total. The Morgan fingerprint density at radius 2 is 1.74 bits per heavy atom. The molecule has 1 aromatic heterocycles. The van der Waals surface area contributed by atoms with Crippen LogP contribution >= 0.6 is 0 Å². The molecule has 0 aromatic carbocycles. The zero-order valence-electron chi connectivity index (χ0n) is 18.1. The van der Waals surface area contributed by atoms with Crippen molar-refractivity contribution in [1.29, 1.82) is 0 Å². The summed E-state index contributed by atoms with van der Waals surface area (Å²) in [5.74, 6) is -0.386. The largest absolute Gasteiger partial charge is 0.466 e. The first kappa shape index (κ1) is 23.4. The Hall–Kier alpha value is -1.67. The van der Waals surface area contributed by atoms with Gasteiger partial charge in [0, 0.05) is 0 Å². The van der Waals surface area contributed by atoms with Crippen LogP contribution in [0.2, 0.25) is 18.1 Å². The zero-order chi connectivity index (χ0) is 21.0. The molecule has 27 heavy (non-hydrogen) atoms. The first-order chi connectivity index (χ1) is 12.2. The van der Waals surface area contributed by atoms with Crippen LogP contribution in [-0.2, 0) is 31.7 Å². The second kappa shape index (κ2) is 8.56. The molecule has 0 unspecified atom stereocenters. The number of hydrogen-bond donors (Lipinski definition) is 0. The van der Waals surface area contributed by atoms with Gasteiger partial charge >= 0.3 is 12.1 Å². The molecule has 0 aliphatic heterocycles. The molecule has 0 saturated carbocycles. The van der Waals surface area contributed by atoms with Crippen molar-refractivity contribution in [2.75, 3.05) is 6.61 Å². The Kier molecular flexibility index (Phi) is 7.41. The third-order valence-corrected chi connectivity index (χ3v) is 8.90. The van der Waals surface area contributed by atoms with Gasteiger partial charge in [0.2, 0.25) is 0 Å². The SMILES string of the molecule is CCOC(=O)Cc1cc(CO[Si](C)(C)C(C)(C)C)n(C(=O)OC(C)(C)C)n1. The summed E-state index contributed by atoms with van der Waals surface area (Å²) in [7, 11) is -2.01. The second-order valence-electron chi connectivity index (χ2n) is 9.05. The summed E-state index contributed by atoms with van der Waals surface area (Å²) < 4.78 is 17.8. The maximum atomic E-state index is 12.5. The molecule has 1 heterocycles.